The molecule has 2 fully saturated rings. The van der Waals surface area contributed by atoms with E-state index in [-0.39, 0.29) is 5.60 Å². The lowest BCUT2D eigenvalue weighted by atomic mass is 9.88. The minimum atomic E-state index is -0.333. The van der Waals surface area contributed by atoms with E-state index in [1.807, 2.05) is 0 Å². The van der Waals surface area contributed by atoms with Crippen LogP contribution in [-0.4, -0.2) is 22.1 Å². The third-order valence-electron chi connectivity index (χ3n) is 4.85. The van der Waals surface area contributed by atoms with Gasteiger partial charge in [0.05, 0.1) is 0 Å². The Labute approximate surface area is 120 Å². The number of hydrogen-bond donors (Lipinski definition) is 1. The molecular formula is C15H24N4O. The fraction of sp³-hybridized carbons (Fsp3) is 0.800. The summed E-state index contributed by atoms with van der Waals surface area (Å²) in [6.45, 7) is 0. The number of rotatable bonds is 3. The number of hydrogen-bond acceptors (Lipinski definition) is 5. The summed E-state index contributed by atoms with van der Waals surface area (Å²) in [5.74, 6) is 2.43. The third kappa shape index (κ3) is 2.51. The number of nitrogens with two attached hydrogens (primary N) is 1. The Balaban J connectivity index is 1.93. The minimum absolute atomic E-state index is 0.333. The highest BCUT2D eigenvalue weighted by Crippen LogP contribution is 2.41. The lowest BCUT2D eigenvalue weighted by Gasteiger charge is -2.27. The summed E-state index contributed by atoms with van der Waals surface area (Å²) in [5, 5.41) is 0. The van der Waals surface area contributed by atoms with E-state index in [9.17, 15) is 0 Å². The molecule has 0 radical (unpaired) electrons. The molecule has 1 aromatic heterocycles. The topological polar surface area (TPSA) is 73.9 Å². The average Bonchev–Trinajstić information content (AvgIpc) is 2.98. The van der Waals surface area contributed by atoms with Gasteiger partial charge in [-0.15, -0.1) is 0 Å². The van der Waals surface area contributed by atoms with Crippen molar-refractivity contribution >= 4 is 5.95 Å². The first-order chi connectivity index (χ1) is 9.73. The van der Waals surface area contributed by atoms with E-state index < -0.39 is 0 Å². The molecule has 0 bridgehead atoms. The molecule has 2 saturated carbocycles. The zero-order valence-corrected chi connectivity index (χ0v) is 12.3. The van der Waals surface area contributed by atoms with E-state index >= 15 is 0 Å². The van der Waals surface area contributed by atoms with Crippen molar-refractivity contribution in [2.24, 2.45) is 0 Å². The number of methoxy groups -OCH3 is 1. The van der Waals surface area contributed by atoms with Gasteiger partial charge in [0.1, 0.15) is 11.4 Å². The summed E-state index contributed by atoms with van der Waals surface area (Å²) in [6.07, 6.45) is 10.5. The van der Waals surface area contributed by atoms with Crippen molar-refractivity contribution in [3.05, 3.63) is 11.6 Å². The molecule has 1 heterocycles. The van der Waals surface area contributed by atoms with Crippen molar-refractivity contribution in [3.63, 3.8) is 0 Å². The SMILES string of the molecule is COC1(c2nc(N)nc(C3CCCCC3)n2)CCCC1. The molecule has 0 saturated heterocycles. The fourth-order valence-electron chi connectivity index (χ4n) is 3.62. The minimum Gasteiger partial charge on any atom is -0.370 e. The Kier molecular flexibility index (Phi) is 3.87. The van der Waals surface area contributed by atoms with Gasteiger partial charge < -0.3 is 10.5 Å². The van der Waals surface area contributed by atoms with Gasteiger partial charge in [0.15, 0.2) is 5.82 Å². The van der Waals surface area contributed by atoms with E-state index in [4.69, 9.17) is 15.5 Å². The Hall–Kier alpha value is -1.23. The van der Waals surface area contributed by atoms with Gasteiger partial charge in [-0.05, 0) is 38.5 Å². The van der Waals surface area contributed by atoms with Crippen molar-refractivity contribution < 1.29 is 4.74 Å². The predicted molar refractivity (Wildman–Crippen MR) is 77.2 cm³/mol. The molecule has 5 heteroatoms. The highest BCUT2D eigenvalue weighted by molar-refractivity contribution is 5.21. The second-order valence-corrected chi connectivity index (χ2v) is 6.12. The van der Waals surface area contributed by atoms with Gasteiger partial charge in [0.25, 0.3) is 0 Å². The van der Waals surface area contributed by atoms with Crippen LogP contribution in [-0.2, 0) is 10.3 Å². The number of nitrogens with zero attached hydrogens (tertiary/aromatic N) is 3. The van der Waals surface area contributed by atoms with Gasteiger partial charge in [0.2, 0.25) is 5.95 Å². The normalized spacial score (nSPS) is 23.1. The summed E-state index contributed by atoms with van der Waals surface area (Å²) in [7, 11) is 1.76. The van der Waals surface area contributed by atoms with Crippen LogP contribution in [0, 0.1) is 0 Å². The quantitative estimate of drug-likeness (QED) is 0.918. The van der Waals surface area contributed by atoms with Crippen LogP contribution >= 0.6 is 0 Å². The van der Waals surface area contributed by atoms with Gasteiger partial charge in [-0.25, -0.2) is 4.98 Å². The highest BCUT2D eigenvalue weighted by Gasteiger charge is 2.39. The van der Waals surface area contributed by atoms with Crippen LogP contribution < -0.4 is 5.73 Å². The van der Waals surface area contributed by atoms with Crippen LogP contribution in [0.15, 0.2) is 0 Å². The molecule has 2 aliphatic rings. The van der Waals surface area contributed by atoms with E-state index in [0.717, 1.165) is 37.3 Å². The van der Waals surface area contributed by atoms with Crippen LogP contribution in [0.4, 0.5) is 5.95 Å². The molecule has 0 aliphatic heterocycles. The average molecular weight is 276 g/mol. The molecule has 0 amide bonds. The number of anilines is 1. The van der Waals surface area contributed by atoms with Crippen molar-refractivity contribution in [1.82, 2.24) is 15.0 Å². The maximum absolute atomic E-state index is 5.93. The summed E-state index contributed by atoms with van der Waals surface area (Å²) in [6, 6.07) is 0. The monoisotopic (exact) mass is 276 g/mol. The Bertz CT molecular complexity index is 465. The van der Waals surface area contributed by atoms with E-state index in [1.54, 1.807) is 7.11 Å². The maximum atomic E-state index is 5.93. The van der Waals surface area contributed by atoms with Crippen molar-refractivity contribution in [2.75, 3.05) is 12.8 Å². The van der Waals surface area contributed by atoms with E-state index in [2.05, 4.69) is 9.97 Å². The molecule has 110 valence electrons. The standard InChI is InChI=1S/C15H24N4O/c1-20-15(9-5-6-10-15)13-17-12(18-14(16)19-13)11-7-3-2-4-8-11/h11H,2-10H2,1H3,(H2,16,17,18,19). The van der Waals surface area contributed by atoms with Crippen LogP contribution in [0.1, 0.15) is 75.4 Å². The molecule has 20 heavy (non-hydrogen) atoms. The zero-order chi connectivity index (χ0) is 14.0. The molecule has 0 aromatic carbocycles. The Morgan fingerprint density at radius 3 is 2.35 bits per heavy atom. The molecule has 2 aliphatic carbocycles. The summed E-state index contributed by atoms with van der Waals surface area (Å²) < 4.78 is 5.77. The van der Waals surface area contributed by atoms with Gasteiger partial charge in [-0.1, -0.05) is 19.3 Å². The summed E-state index contributed by atoms with van der Waals surface area (Å²) in [5.41, 5.74) is 5.60. The van der Waals surface area contributed by atoms with Crippen LogP contribution in [0.25, 0.3) is 0 Å². The van der Waals surface area contributed by atoms with Gasteiger partial charge in [-0.3, -0.25) is 0 Å². The molecule has 0 atom stereocenters. The molecule has 2 N–H and O–H groups in total. The first-order valence-electron chi connectivity index (χ1n) is 7.80. The molecule has 0 unspecified atom stereocenters. The fourth-order valence-corrected chi connectivity index (χ4v) is 3.62. The number of aromatic nitrogens is 3. The van der Waals surface area contributed by atoms with Crippen LogP contribution in [0.5, 0.6) is 0 Å². The molecule has 0 spiro atoms. The second kappa shape index (κ2) is 5.64. The van der Waals surface area contributed by atoms with Gasteiger partial charge in [0, 0.05) is 13.0 Å². The highest BCUT2D eigenvalue weighted by atomic mass is 16.5. The number of nitrogen functional groups attached to an aromatic ring is 1. The van der Waals surface area contributed by atoms with Crippen LogP contribution in [0.2, 0.25) is 0 Å². The zero-order valence-electron chi connectivity index (χ0n) is 12.3. The predicted octanol–water partition coefficient (Wildman–Crippen LogP) is 2.92. The molecule has 5 nitrogen and oxygen atoms in total. The van der Waals surface area contributed by atoms with Crippen LogP contribution in [0.3, 0.4) is 0 Å². The van der Waals surface area contributed by atoms with Crippen molar-refractivity contribution in [3.8, 4) is 0 Å². The summed E-state index contributed by atoms with van der Waals surface area (Å²) in [4.78, 5) is 13.5. The molecular weight excluding hydrogens is 252 g/mol. The molecule has 3 rings (SSSR count). The van der Waals surface area contributed by atoms with E-state index in [0.29, 0.717) is 11.9 Å². The first kappa shape index (κ1) is 13.7. The molecule has 1 aromatic rings. The van der Waals surface area contributed by atoms with E-state index in [1.165, 1.54) is 32.1 Å². The number of ether oxygens (including phenoxy) is 1. The second-order valence-electron chi connectivity index (χ2n) is 6.12. The lowest BCUT2D eigenvalue weighted by Crippen LogP contribution is -2.29. The largest absolute Gasteiger partial charge is 0.370 e. The van der Waals surface area contributed by atoms with Crippen molar-refractivity contribution in [1.29, 1.82) is 0 Å². The third-order valence-corrected chi connectivity index (χ3v) is 4.85. The smallest absolute Gasteiger partial charge is 0.223 e. The maximum Gasteiger partial charge on any atom is 0.223 e. The first-order valence-corrected chi connectivity index (χ1v) is 7.80. The van der Waals surface area contributed by atoms with Gasteiger partial charge >= 0.3 is 0 Å². The Morgan fingerprint density at radius 1 is 1.00 bits per heavy atom. The summed E-state index contributed by atoms with van der Waals surface area (Å²) >= 11 is 0. The van der Waals surface area contributed by atoms with Gasteiger partial charge in [-0.2, -0.15) is 9.97 Å². The lowest BCUT2D eigenvalue weighted by molar-refractivity contribution is -0.0166. The Morgan fingerprint density at radius 2 is 1.70 bits per heavy atom. The van der Waals surface area contributed by atoms with Crippen molar-refractivity contribution in [2.45, 2.75) is 69.3 Å².